The van der Waals surface area contributed by atoms with Crippen molar-refractivity contribution < 1.29 is 15.3 Å². The molecule has 0 heterocycles. The third-order valence-corrected chi connectivity index (χ3v) is 4.94. The van der Waals surface area contributed by atoms with Crippen LogP contribution in [-0.4, -0.2) is 27.5 Å². The average Bonchev–Trinajstić information content (AvgIpc) is 2.62. The summed E-state index contributed by atoms with van der Waals surface area (Å²) in [6.45, 7) is 5.36. The monoisotopic (exact) mass is 416 g/mol. The highest BCUT2D eigenvalue weighted by Crippen LogP contribution is 2.30. The second-order valence-electron chi connectivity index (χ2n) is 6.40. The highest BCUT2D eigenvalue weighted by atomic mass is 79.9. The molecule has 0 aliphatic carbocycles. The molecule has 0 unspecified atom stereocenters. The summed E-state index contributed by atoms with van der Waals surface area (Å²) in [7, 11) is 0. The van der Waals surface area contributed by atoms with Gasteiger partial charge in [0.05, 0.1) is 12.2 Å². The molecule has 0 aromatic heterocycles. The van der Waals surface area contributed by atoms with E-state index in [1.54, 1.807) is 25.1 Å². The zero-order chi connectivity index (χ0) is 19.1. The Morgan fingerprint density at radius 1 is 1.15 bits per heavy atom. The summed E-state index contributed by atoms with van der Waals surface area (Å²) in [5.41, 5.74) is 2.75. The van der Waals surface area contributed by atoms with Crippen LogP contribution < -0.4 is 0 Å². The Kier molecular flexibility index (Phi) is 7.64. The SMILES string of the molecule is C=C[C@H]([C@H](O)CC/C(=C/c1cc(Br)ccc1O)c1ccccc1)[C@@H](C)O. The van der Waals surface area contributed by atoms with Crippen molar-refractivity contribution in [2.24, 2.45) is 5.92 Å². The van der Waals surface area contributed by atoms with Gasteiger partial charge in [0, 0.05) is 16.0 Å². The highest BCUT2D eigenvalue weighted by molar-refractivity contribution is 9.10. The summed E-state index contributed by atoms with van der Waals surface area (Å²) >= 11 is 3.43. The van der Waals surface area contributed by atoms with Crippen molar-refractivity contribution in [2.45, 2.75) is 32.0 Å². The largest absolute Gasteiger partial charge is 0.507 e. The Balaban J connectivity index is 2.29. The van der Waals surface area contributed by atoms with Crippen LogP contribution >= 0.6 is 15.9 Å². The van der Waals surface area contributed by atoms with Gasteiger partial charge in [0.15, 0.2) is 0 Å². The maximum atomic E-state index is 10.4. The summed E-state index contributed by atoms with van der Waals surface area (Å²) in [5, 5.41) is 30.4. The number of phenolic OH excluding ortho intramolecular Hbond substituents is 1. The van der Waals surface area contributed by atoms with Crippen molar-refractivity contribution in [3.05, 3.63) is 76.8 Å². The summed E-state index contributed by atoms with van der Waals surface area (Å²) in [4.78, 5) is 0. The molecule has 0 fully saturated rings. The van der Waals surface area contributed by atoms with E-state index < -0.39 is 12.2 Å². The third-order valence-electron chi connectivity index (χ3n) is 4.45. The van der Waals surface area contributed by atoms with Gasteiger partial charge >= 0.3 is 0 Å². The van der Waals surface area contributed by atoms with Gasteiger partial charge < -0.3 is 15.3 Å². The predicted octanol–water partition coefficient (Wildman–Crippen LogP) is 5.02. The molecule has 138 valence electrons. The lowest BCUT2D eigenvalue weighted by Gasteiger charge is -2.22. The van der Waals surface area contributed by atoms with E-state index in [1.807, 2.05) is 42.5 Å². The lowest BCUT2D eigenvalue weighted by atomic mass is 9.90. The number of hydrogen-bond acceptors (Lipinski definition) is 3. The maximum absolute atomic E-state index is 10.4. The number of benzene rings is 2. The van der Waals surface area contributed by atoms with Crippen LogP contribution in [0.1, 0.15) is 30.9 Å². The van der Waals surface area contributed by atoms with E-state index in [2.05, 4.69) is 22.5 Å². The lowest BCUT2D eigenvalue weighted by Crippen LogP contribution is -2.28. The summed E-state index contributed by atoms with van der Waals surface area (Å²) in [6.07, 6.45) is 3.29. The Morgan fingerprint density at radius 2 is 1.85 bits per heavy atom. The molecular weight excluding hydrogens is 392 g/mol. The second-order valence-corrected chi connectivity index (χ2v) is 7.31. The molecule has 3 N–H and O–H groups in total. The van der Waals surface area contributed by atoms with Crippen LogP contribution in [-0.2, 0) is 0 Å². The van der Waals surface area contributed by atoms with E-state index >= 15 is 0 Å². The van der Waals surface area contributed by atoms with Crippen LogP contribution in [0, 0.1) is 5.92 Å². The normalized spacial score (nSPS) is 15.3. The smallest absolute Gasteiger partial charge is 0.122 e. The molecule has 2 aromatic rings. The zero-order valence-electron chi connectivity index (χ0n) is 14.8. The van der Waals surface area contributed by atoms with Crippen LogP contribution in [0.5, 0.6) is 5.75 Å². The van der Waals surface area contributed by atoms with Gasteiger partial charge in [-0.3, -0.25) is 0 Å². The quantitative estimate of drug-likeness (QED) is 0.418. The fourth-order valence-electron chi connectivity index (χ4n) is 2.95. The summed E-state index contributed by atoms with van der Waals surface area (Å²) in [5.74, 6) is -0.165. The minimum absolute atomic E-state index is 0.204. The van der Waals surface area contributed by atoms with E-state index in [0.717, 1.165) is 15.6 Å². The molecule has 0 saturated carbocycles. The van der Waals surface area contributed by atoms with Gasteiger partial charge in [-0.15, -0.1) is 6.58 Å². The first-order valence-electron chi connectivity index (χ1n) is 8.65. The number of aliphatic hydroxyl groups excluding tert-OH is 2. The van der Waals surface area contributed by atoms with Crippen LogP contribution in [0.3, 0.4) is 0 Å². The Morgan fingerprint density at radius 3 is 2.46 bits per heavy atom. The number of halogens is 1. The number of aliphatic hydroxyl groups is 2. The average molecular weight is 417 g/mol. The molecule has 4 heteroatoms. The number of aromatic hydroxyl groups is 1. The van der Waals surface area contributed by atoms with Crippen LogP contribution in [0.4, 0.5) is 0 Å². The first-order chi connectivity index (χ1) is 12.4. The Labute approximate surface area is 163 Å². The molecule has 0 aliphatic heterocycles. The Hall–Kier alpha value is -1.88. The predicted molar refractivity (Wildman–Crippen MR) is 111 cm³/mol. The summed E-state index contributed by atoms with van der Waals surface area (Å²) < 4.78 is 0.884. The number of hydrogen-bond donors (Lipinski definition) is 3. The first kappa shape index (κ1) is 20.4. The number of rotatable bonds is 8. The number of phenols is 1. The van der Waals surface area contributed by atoms with Crippen LogP contribution in [0.2, 0.25) is 0 Å². The van der Waals surface area contributed by atoms with Crippen molar-refractivity contribution in [1.29, 1.82) is 0 Å². The van der Waals surface area contributed by atoms with Gasteiger partial charge in [-0.05, 0) is 55.2 Å². The fraction of sp³-hybridized carbons (Fsp3) is 0.273. The molecule has 2 aromatic carbocycles. The van der Waals surface area contributed by atoms with Crippen molar-refractivity contribution in [3.8, 4) is 5.75 Å². The van der Waals surface area contributed by atoms with E-state index in [0.29, 0.717) is 18.4 Å². The maximum Gasteiger partial charge on any atom is 0.122 e. The molecule has 0 radical (unpaired) electrons. The minimum Gasteiger partial charge on any atom is -0.507 e. The van der Waals surface area contributed by atoms with E-state index in [9.17, 15) is 15.3 Å². The zero-order valence-corrected chi connectivity index (χ0v) is 16.4. The second kappa shape index (κ2) is 9.72. The molecule has 26 heavy (non-hydrogen) atoms. The van der Waals surface area contributed by atoms with E-state index in [4.69, 9.17) is 0 Å². The first-order valence-corrected chi connectivity index (χ1v) is 9.45. The van der Waals surface area contributed by atoms with E-state index in [1.165, 1.54) is 0 Å². The van der Waals surface area contributed by atoms with Gasteiger partial charge in [0.2, 0.25) is 0 Å². The lowest BCUT2D eigenvalue weighted by molar-refractivity contribution is 0.0429. The molecule has 0 aliphatic rings. The van der Waals surface area contributed by atoms with Crippen molar-refractivity contribution in [2.75, 3.05) is 0 Å². The van der Waals surface area contributed by atoms with E-state index in [-0.39, 0.29) is 11.7 Å². The number of allylic oxidation sites excluding steroid dienone is 1. The molecule has 2 rings (SSSR count). The standard InChI is InChI=1S/C22H25BrO3/c1-3-20(15(2)24)22(26)11-9-17(16-7-5-4-6-8-16)13-18-14-19(23)10-12-21(18)25/h3-8,10,12-15,20,22,24-26H,1,9,11H2,2H3/b17-13-/t15-,20+,22-/m1/s1. The van der Waals surface area contributed by atoms with Crippen LogP contribution in [0.15, 0.2) is 65.7 Å². The molecule has 0 saturated heterocycles. The van der Waals surface area contributed by atoms with Gasteiger partial charge in [0.1, 0.15) is 5.75 Å². The summed E-state index contributed by atoms with van der Waals surface area (Å²) in [6, 6.07) is 15.2. The fourth-order valence-corrected chi connectivity index (χ4v) is 3.33. The molecular formula is C22H25BrO3. The molecule has 3 nitrogen and oxygen atoms in total. The molecule has 0 spiro atoms. The molecule has 0 bridgehead atoms. The highest BCUT2D eigenvalue weighted by Gasteiger charge is 2.21. The van der Waals surface area contributed by atoms with Gasteiger partial charge in [-0.1, -0.05) is 52.3 Å². The minimum atomic E-state index is -0.685. The molecule has 0 amide bonds. The topological polar surface area (TPSA) is 60.7 Å². The van der Waals surface area contributed by atoms with Crippen molar-refractivity contribution in [3.63, 3.8) is 0 Å². The third kappa shape index (κ3) is 5.56. The Bertz CT molecular complexity index is 753. The van der Waals surface area contributed by atoms with Crippen molar-refractivity contribution in [1.82, 2.24) is 0 Å². The van der Waals surface area contributed by atoms with Gasteiger partial charge in [0.25, 0.3) is 0 Å². The van der Waals surface area contributed by atoms with Gasteiger partial charge in [-0.25, -0.2) is 0 Å². The van der Waals surface area contributed by atoms with Crippen molar-refractivity contribution >= 4 is 27.6 Å². The van der Waals surface area contributed by atoms with Crippen LogP contribution in [0.25, 0.3) is 11.6 Å². The molecule has 3 atom stereocenters. The van der Waals surface area contributed by atoms with Gasteiger partial charge in [-0.2, -0.15) is 0 Å².